The van der Waals surface area contributed by atoms with Gasteiger partial charge >= 0.3 is 0 Å². The van der Waals surface area contributed by atoms with Gasteiger partial charge in [0.1, 0.15) is 17.0 Å². The molecule has 1 fully saturated rings. The van der Waals surface area contributed by atoms with Gasteiger partial charge in [-0.25, -0.2) is 13.8 Å². The van der Waals surface area contributed by atoms with Gasteiger partial charge in [0, 0.05) is 11.6 Å². The van der Waals surface area contributed by atoms with Crippen LogP contribution in [-0.2, 0) is 0 Å². The van der Waals surface area contributed by atoms with E-state index in [1.807, 2.05) is 4.57 Å². The fourth-order valence-corrected chi connectivity index (χ4v) is 2.52. The number of hydrogen-bond donors (Lipinski definition) is 0. The average Bonchev–Trinajstić information content (AvgIpc) is 3.34. The Morgan fingerprint density at radius 3 is 2.78 bits per heavy atom. The number of alkyl halides is 2. The van der Waals surface area contributed by atoms with E-state index in [4.69, 9.17) is 6.57 Å². The predicted molar refractivity (Wildman–Crippen MR) is 78.0 cm³/mol. The Bertz CT molecular complexity index is 939. The van der Waals surface area contributed by atoms with E-state index in [9.17, 15) is 8.78 Å². The molecule has 0 N–H and O–H groups in total. The third kappa shape index (κ3) is 2.30. The highest BCUT2D eigenvalue weighted by atomic mass is 19.3. The van der Waals surface area contributed by atoms with Crippen LogP contribution < -0.4 is 0 Å². The molecule has 0 aromatic carbocycles. The van der Waals surface area contributed by atoms with Crippen molar-refractivity contribution in [2.75, 3.05) is 0 Å². The van der Waals surface area contributed by atoms with Crippen LogP contribution in [0.3, 0.4) is 0 Å². The zero-order valence-electron chi connectivity index (χ0n) is 11.8. The van der Waals surface area contributed by atoms with Gasteiger partial charge in [0.15, 0.2) is 0 Å². The van der Waals surface area contributed by atoms with Crippen LogP contribution in [0.25, 0.3) is 27.4 Å². The highest BCUT2D eigenvalue weighted by molar-refractivity contribution is 5.79. The zero-order valence-corrected chi connectivity index (χ0v) is 11.8. The number of pyridine rings is 1. The average molecular weight is 312 g/mol. The Morgan fingerprint density at radius 2 is 2.09 bits per heavy atom. The monoisotopic (exact) mass is 312 g/mol. The number of halogens is 2. The summed E-state index contributed by atoms with van der Waals surface area (Å²) in [4.78, 5) is 12.2. The molecular formula is C15H10F2N6. The van der Waals surface area contributed by atoms with Crippen molar-refractivity contribution >= 4 is 17.0 Å². The summed E-state index contributed by atoms with van der Waals surface area (Å²) >= 11 is 0. The van der Waals surface area contributed by atoms with Crippen LogP contribution in [0.15, 0.2) is 24.4 Å². The summed E-state index contributed by atoms with van der Waals surface area (Å²) in [6.07, 6.45) is 0.681. The molecule has 0 aliphatic heterocycles. The molecule has 0 radical (unpaired) electrons. The maximum absolute atomic E-state index is 12.9. The highest BCUT2D eigenvalue weighted by Crippen LogP contribution is 2.41. The highest BCUT2D eigenvalue weighted by Gasteiger charge is 2.31. The summed E-state index contributed by atoms with van der Waals surface area (Å²) < 4.78 is 27.6. The second kappa shape index (κ2) is 5.05. The van der Waals surface area contributed by atoms with Crippen molar-refractivity contribution in [2.45, 2.75) is 25.3 Å². The molecule has 114 valence electrons. The number of fused-ring (bicyclic) bond motifs is 1. The van der Waals surface area contributed by atoms with E-state index in [2.05, 4.69) is 25.0 Å². The van der Waals surface area contributed by atoms with Crippen LogP contribution in [0.5, 0.6) is 0 Å². The van der Waals surface area contributed by atoms with Crippen LogP contribution in [0.2, 0.25) is 0 Å². The van der Waals surface area contributed by atoms with E-state index in [1.165, 1.54) is 12.3 Å². The Balaban J connectivity index is 1.95. The van der Waals surface area contributed by atoms with Gasteiger partial charge in [-0.2, -0.15) is 5.10 Å². The third-order valence-corrected chi connectivity index (χ3v) is 3.70. The third-order valence-electron chi connectivity index (χ3n) is 3.70. The van der Waals surface area contributed by atoms with Gasteiger partial charge < -0.3 is 4.85 Å². The smallest absolute Gasteiger partial charge is 0.282 e. The molecule has 6 nitrogen and oxygen atoms in total. The van der Waals surface area contributed by atoms with Crippen molar-refractivity contribution in [1.82, 2.24) is 24.7 Å². The van der Waals surface area contributed by atoms with Gasteiger partial charge in [0.05, 0.1) is 6.20 Å². The Labute approximate surface area is 129 Å². The van der Waals surface area contributed by atoms with E-state index in [0.717, 1.165) is 12.8 Å². The first kappa shape index (κ1) is 13.7. The normalized spacial score (nSPS) is 14.3. The molecule has 0 spiro atoms. The standard InChI is InChI=1S/C15H10F2N6/c1-18-12-5-4-10-15(21-12)23(9-2-3-9)14(20-10)8-6-11(13(16)17)22-19-7-8/h4-7,9,13H,2-3H2. The summed E-state index contributed by atoms with van der Waals surface area (Å²) in [5, 5.41) is 7.10. The van der Waals surface area contributed by atoms with Gasteiger partial charge in [0.25, 0.3) is 17.9 Å². The van der Waals surface area contributed by atoms with Gasteiger partial charge in [-0.1, -0.05) is 11.6 Å². The number of aromatic nitrogens is 5. The first-order valence-electron chi connectivity index (χ1n) is 7.05. The lowest BCUT2D eigenvalue weighted by Crippen LogP contribution is -2.01. The van der Waals surface area contributed by atoms with Gasteiger partial charge in [-0.3, -0.25) is 4.57 Å². The van der Waals surface area contributed by atoms with E-state index in [-0.39, 0.29) is 17.6 Å². The molecule has 3 heterocycles. The molecule has 0 unspecified atom stereocenters. The Hall–Kier alpha value is -2.95. The fourth-order valence-electron chi connectivity index (χ4n) is 2.52. The van der Waals surface area contributed by atoms with Crippen molar-refractivity contribution in [3.63, 3.8) is 0 Å². The summed E-state index contributed by atoms with van der Waals surface area (Å²) in [5.74, 6) is 0.820. The van der Waals surface area contributed by atoms with E-state index < -0.39 is 6.43 Å². The van der Waals surface area contributed by atoms with Crippen LogP contribution in [0.1, 0.15) is 31.0 Å². The largest absolute Gasteiger partial charge is 0.361 e. The SMILES string of the molecule is [C-]#[N+]c1ccc2nc(-c3cnnc(C(F)F)c3)n(C3CC3)c2n1. The minimum Gasteiger partial charge on any atom is -0.361 e. The van der Waals surface area contributed by atoms with Crippen LogP contribution in [0, 0.1) is 6.57 Å². The summed E-state index contributed by atoms with van der Waals surface area (Å²) in [7, 11) is 0. The second-order valence-electron chi connectivity index (χ2n) is 5.33. The number of rotatable bonds is 3. The van der Waals surface area contributed by atoms with Crippen molar-refractivity contribution in [2.24, 2.45) is 0 Å². The maximum atomic E-state index is 12.9. The van der Waals surface area contributed by atoms with E-state index in [0.29, 0.717) is 22.6 Å². The van der Waals surface area contributed by atoms with Crippen molar-refractivity contribution < 1.29 is 8.78 Å². The first-order valence-corrected chi connectivity index (χ1v) is 7.05. The molecule has 3 aromatic heterocycles. The molecule has 1 aliphatic rings. The molecule has 0 saturated heterocycles. The number of nitrogens with zero attached hydrogens (tertiary/aromatic N) is 6. The van der Waals surface area contributed by atoms with Crippen molar-refractivity contribution in [1.29, 1.82) is 0 Å². The van der Waals surface area contributed by atoms with Crippen LogP contribution in [-0.4, -0.2) is 24.7 Å². The molecule has 0 amide bonds. The van der Waals surface area contributed by atoms with Gasteiger partial charge in [-0.15, -0.1) is 5.10 Å². The van der Waals surface area contributed by atoms with Crippen LogP contribution >= 0.6 is 0 Å². The molecule has 23 heavy (non-hydrogen) atoms. The first-order chi connectivity index (χ1) is 11.2. The molecule has 3 aromatic rings. The molecule has 8 heteroatoms. The topological polar surface area (TPSA) is 60.9 Å². The summed E-state index contributed by atoms with van der Waals surface area (Å²) in [6, 6.07) is 4.85. The maximum Gasteiger partial charge on any atom is 0.282 e. The summed E-state index contributed by atoms with van der Waals surface area (Å²) in [5.41, 5.74) is 1.33. The lowest BCUT2D eigenvalue weighted by Gasteiger charge is -2.06. The molecule has 1 aliphatic carbocycles. The quantitative estimate of drug-likeness (QED) is 0.692. The minimum absolute atomic E-state index is 0.228. The minimum atomic E-state index is -2.69. The second-order valence-corrected chi connectivity index (χ2v) is 5.33. The Kier molecular flexibility index (Phi) is 3.01. The van der Waals surface area contributed by atoms with Crippen molar-refractivity contribution in [3.8, 4) is 11.4 Å². The Morgan fingerprint density at radius 1 is 1.26 bits per heavy atom. The van der Waals surface area contributed by atoms with Gasteiger partial charge in [0.2, 0.25) is 0 Å². The molecule has 4 rings (SSSR count). The number of hydrogen-bond acceptors (Lipinski definition) is 4. The molecule has 0 bridgehead atoms. The summed E-state index contributed by atoms with van der Waals surface area (Å²) in [6.45, 7) is 7.09. The molecule has 1 saturated carbocycles. The molecule has 0 atom stereocenters. The van der Waals surface area contributed by atoms with Crippen molar-refractivity contribution in [3.05, 3.63) is 41.5 Å². The van der Waals surface area contributed by atoms with E-state index >= 15 is 0 Å². The molecular weight excluding hydrogens is 302 g/mol. The number of imidazole rings is 1. The van der Waals surface area contributed by atoms with E-state index in [1.54, 1.807) is 12.1 Å². The zero-order chi connectivity index (χ0) is 16.0. The fraction of sp³-hybridized carbons (Fsp3) is 0.267. The van der Waals surface area contributed by atoms with Gasteiger partial charge in [-0.05, 0) is 31.0 Å². The van der Waals surface area contributed by atoms with Crippen LogP contribution in [0.4, 0.5) is 14.6 Å². The lowest BCUT2D eigenvalue weighted by atomic mass is 10.2. The predicted octanol–water partition coefficient (Wildman–Crippen LogP) is 3.71. The lowest BCUT2D eigenvalue weighted by molar-refractivity contribution is 0.145.